The summed E-state index contributed by atoms with van der Waals surface area (Å²) in [6, 6.07) is 10.8. The molecule has 1 saturated carbocycles. The summed E-state index contributed by atoms with van der Waals surface area (Å²) in [5, 5.41) is 1.11. The van der Waals surface area contributed by atoms with Crippen molar-refractivity contribution in [3.8, 4) is 11.3 Å². The first-order valence-corrected chi connectivity index (χ1v) is 7.81. The molecule has 0 aliphatic heterocycles. The molecule has 0 spiro atoms. The van der Waals surface area contributed by atoms with E-state index in [2.05, 4.69) is 45.3 Å². The highest BCUT2D eigenvalue weighted by molar-refractivity contribution is 5.91. The Morgan fingerprint density at radius 3 is 2.71 bits per heavy atom. The molecule has 2 heterocycles. The van der Waals surface area contributed by atoms with Crippen LogP contribution in [0.4, 0.5) is 0 Å². The number of nitrogens with zero attached hydrogens (tertiary/aromatic N) is 2. The Morgan fingerprint density at radius 2 is 1.81 bits per heavy atom. The molecule has 4 rings (SSSR count). The Labute approximate surface area is 124 Å². The van der Waals surface area contributed by atoms with Gasteiger partial charge in [-0.3, -0.25) is 0 Å². The van der Waals surface area contributed by atoms with Crippen molar-refractivity contribution in [2.45, 2.75) is 38.0 Å². The minimum absolute atomic E-state index is 0.680. The average Bonchev–Trinajstić information content (AvgIpc) is 3.04. The van der Waals surface area contributed by atoms with Gasteiger partial charge in [0, 0.05) is 17.1 Å². The summed E-state index contributed by atoms with van der Waals surface area (Å²) in [5.41, 5.74) is 4.70. The maximum Gasteiger partial charge on any atom is 0.141 e. The third-order valence-corrected chi connectivity index (χ3v) is 4.61. The molecule has 0 radical (unpaired) electrons. The van der Waals surface area contributed by atoms with Gasteiger partial charge in [0.15, 0.2) is 0 Å². The molecule has 3 aromatic rings. The maximum atomic E-state index is 4.57. The van der Waals surface area contributed by atoms with Crippen LogP contribution in [-0.2, 0) is 0 Å². The number of benzene rings is 1. The second-order valence-corrected chi connectivity index (χ2v) is 5.88. The number of aromatic amines is 1. The summed E-state index contributed by atoms with van der Waals surface area (Å²) in [6.07, 6.45) is 10.3. The third-order valence-electron chi connectivity index (χ3n) is 4.61. The highest BCUT2D eigenvalue weighted by Gasteiger charge is 2.20. The van der Waals surface area contributed by atoms with Gasteiger partial charge in [0.1, 0.15) is 12.0 Å². The maximum absolute atomic E-state index is 4.57. The lowest BCUT2D eigenvalue weighted by atomic mass is 9.81. The summed E-state index contributed by atoms with van der Waals surface area (Å²) in [4.78, 5) is 12.1. The lowest BCUT2D eigenvalue weighted by Gasteiger charge is -2.24. The zero-order valence-corrected chi connectivity index (χ0v) is 12.0. The van der Waals surface area contributed by atoms with Crippen LogP contribution in [0.5, 0.6) is 0 Å². The molecule has 3 heteroatoms. The average molecular weight is 277 g/mol. The second-order valence-electron chi connectivity index (χ2n) is 5.88. The van der Waals surface area contributed by atoms with Gasteiger partial charge in [-0.05, 0) is 30.4 Å². The Balaban J connectivity index is 1.86. The first kappa shape index (κ1) is 12.6. The molecule has 0 atom stereocenters. The number of aromatic nitrogens is 3. The molecule has 21 heavy (non-hydrogen) atoms. The molecule has 106 valence electrons. The molecular formula is C18H19N3. The molecule has 1 aliphatic carbocycles. The largest absolute Gasteiger partial charge is 0.346 e. The standard InChI is InChI=1S/C18H19N3/c1-2-6-13(7-3-1)14-8-4-5-9-15(14)17-16-10-11-19-18(16)21-12-20-17/h4-5,8-13H,1-3,6-7H2,(H,19,20,21). The lowest BCUT2D eigenvalue weighted by Crippen LogP contribution is -2.06. The molecule has 0 amide bonds. The van der Waals surface area contributed by atoms with Crippen molar-refractivity contribution < 1.29 is 0 Å². The van der Waals surface area contributed by atoms with Crippen LogP contribution in [0, 0.1) is 0 Å². The zero-order valence-electron chi connectivity index (χ0n) is 12.0. The molecule has 1 fully saturated rings. The fourth-order valence-electron chi connectivity index (χ4n) is 3.57. The molecule has 0 saturated heterocycles. The van der Waals surface area contributed by atoms with E-state index in [0.29, 0.717) is 5.92 Å². The van der Waals surface area contributed by atoms with E-state index >= 15 is 0 Å². The van der Waals surface area contributed by atoms with Gasteiger partial charge in [0.05, 0.1) is 5.69 Å². The molecule has 1 aliphatic rings. The third kappa shape index (κ3) is 2.23. The number of hydrogen-bond acceptors (Lipinski definition) is 2. The van der Waals surface area contributed by atoms with Gasteiger partial charge in [-0.25, -0.2) is 9.97 Å². The van der Waals surface area contributed by atoms with Crippen molar-refractivity contribution in [3.63, 3.8) is 0 Å². The molecule has 1 aromatic carbocycles. The Hall–Kier alpha value is -2.16. The van der Waals surface area contributed by atoms with Crippen molar-refractivity contribution in [1.29, 1.82) is 0 Å². The number of nitrogens with one attached hydrogen (secondary N) is 1. The first-order chi connectivity index (χ1) is 10.4. The molecule has 2 aromatic heterocycles. The molecular weight excluding hydrogens is 258 g/mol. The first-order valence-electron chi connectivity index (χ1n) is 7.81. The van der Waals surface area contributed by atoms with Crippen molar-refractivity contribution in [3.05, 3.63) is 48.4 Å². The fourth-order valence-corrected chi connectivity index (χ4v) is 3.57. The molecule has 1 N–H and O–H groups in total. The van der Waals surface area contributed by atoms with Crippen LogP contribution in [0.2, 0.25) is 0 Å². The SMILES string of the molecule is c1ccc(C2CCCCC2)c(-c2ncnc3[nH]ccc23)c1. The van der Waals surface area contributed by atoms with Crippen LogP contribution < -0.4 is 0 Å². The number of rotatable bonds is 2. The van der Waals surface area contributed by atoms with Gasteiger partial charge in [-0.1, -0.05) is 43.5 Å². The topological polar surface area (TPSA) is 41.6 Å². The predicted molar refractivity (Wildman–Crippen MR) is 85.2 cm³/mol. The van der Waals surface area contributed by atoms with Gasteiger partial charge in [-0.15, -0.1) is 0 Å². The summed E-state index contributed by atoms with van der Waals surface area (Å²) >= 11 is 0. The van der Waals surface area contributed by atoms with Crippen molar-refractivity contribution in [1.82, 2.24) is 15.0 Å². The van der Waals surface area contributed by atoms with Crippen molar-refractivity contribution in [2.75, 3.05) is 0 Å². The van der Waals surface area contributed by atoms with E-state index in [1.165, 1.54) is 43.2 Å². The molecule has 3 nitrogen and oxygen atoms in total. The summed E-state index contributed by atoms with van der Waals surface area (Å²) in [6.45, 7) is 0. The highest BCUT2D eigenvalue weighted by atomic mass is 14.9. The zero-order chi connectivity index (χ0) is 14.1. The van der Waals surface area contributed by atoms with E-state index in [-0.39, 0.29) is 0 Å². The van der Waals surface area contributed by atoms with Gasteiger partial charge in [-0.2, -0.15) is 0 Å². The fraction of sp³-hybridized carbons (Fsp3) is 0.333. The van der Waals surface area contributed by atoms with Crippen LogP contribution in [0.15, 0.2) is 42.9 Å². The second kappa shape index (κ2) is 5.32. The lowest BCUT2D eigenvalue weighted by molar-refractivity contribution is 0.444. The Bertz CT molecular complexity index is 754. The normalized spacial score (nSPS) is 16.4. The monoisotopic (exact) mass is 277 g/mol. The van der Waals surface area contributed by atoms with Crippen LogP contribution in [0.25, 0.3) is 22.3 Å². The van der Waals surface area contributed by atoms with E-state index in [4.69, 9.17) is 0 Å². The smallest absolute Gasteiger partial charge is 0.141 e. The predicted octanol–water partition coefficient (Wildman–Crippen LogP) is 4.67. The number of hydrogen-bond donors (Lipinski definition) is 1. The van der Waals surface area contributed by atoms with Crippen LogP contribution in [0.1, 0.15) is 43.6 Å². The van der Waals surface area contributed by atoms with Gasteiger partial charge >= 0.3 is 0 Å². The van der Waals surface area contributed by atoms with Gasteiger partial charge < -0.3 is 4.98 Å². The molecule has 0 unspecified atom stereocenters. The van der Waals surface area contributed by atoms with E-state index in [0.717, 1.165) is 16.7 Å². The van der Waals surface area contributed by atoms with E-state index in [1.807, 2.05) is 6.20 Å². The Kier molecular flexibility index (Phi) is 3.18. The highest BCUT2D eigenvalue weighted by Crippen LogP contribution is 2.38. The van der Waals surface area contributed by atoms with Crippen molar-refractivity contribution >= 4 is 11.0 Å². The summed E-state index contributed by atoms with van der Waals surface area (Å²) < 4.78 is 0. The quantitative estimate of drug-likeness (QED) is 0.739. The van der Waals surface area contributed by atoms with Crippen molar-refractivity contribution in [2.24, 2.45) is 0 Å². The summed E-state index contributed by atoms with van der Waals surface area (Å²) in [7, 11) is 0. The van der Waals surface area contributed by atoms with Gasteiger partial charge in [0.25, 0.3) is 0 Å². The Morgan fingerprint density at radius 1 is 0.952 bits per heavy atom. The molecule has 0 bridgehead atoms. The van der Waals surface area contributed by atoms with Crippen LogP contribution in [-0.4, -0.2) is 15.0 Å². The minimum atomic E-state index is 0.680. The van der Waals surface area contributed by atoms with E-state index in [9.17, 15) is 0 Å². The summed E-state index contributed by atoms with van der Waals surface area (Å²) in [5.74, 6) is 0.680. The number of H-pyrrole nitrogens is 1. The number of fused-ring (bicyclic) bond motifs is 1. The van der Waals surface area contributed by atoms with Crippen LogP contribution >= 0.6 is 0 Å². The van der Waals surface area contributed by atoms with Crippen LogP contribution in [0.3, 0.4) is 0 Å². The minimum Gasteiger partial charge on any atom is -0.346 e. The van der Waals surface area contributed by atoms with E-state index in [1.54, 1.807) is 6.33 Å². The van der Waals surface area contributed by atoms with E-state index < -0.39 is 0 Å². The van der Waals surface area contributed by atoms with Gasteiger partial charge in [0.2, 0.25) is 0 Å².